The van der Waals surface area contributed by atoms with E-state index in [1.165, 1.54) is 41.4 Å². The fourth-order valence-corrected chi connectivity index (χ4v) is 2.37. The Labute approximate surface area is 127 Å². The largest absolute Gasteiger partial charge is 0.435 e. The van der Waals surface area contributed by atoms with Crippen LogP contribution in [0.1, 0.15) is 17.0 Å². The summed E-state index contributed by atoms with van der Waals surface area (Å²) >= 11 is 0. The van der Waals surface area contributed by atoms with E-state index in [1.54, 1.807) is 0 Å². The van der Waals surface area contributed by atoms with Gasteiger partial charge in [0, 0.05) is 25.0 Å². The Morgan fingerprint density at radius 2 is 1.96 bits per heavy atom. The predicted octanol–water partition coefficient (Wildman–Crippen LogP) is 3.41. The molecule has 0 bridgehead atoms. The van der Waals surface area contributed by atoms with Crippen LogP contribution >= 0.6 is 0 Å². The third-order valence-electron chi connectivity index (χ3n) is 3.29. The van der Waals surface area contributed by atoms with Gasteiger partial charge in [-0.15, -0.1) is 0 Å². The van der Waals surface area contributed by atoms with Crippen molar-refractivity contribution in [3.63, 3.8) is 0 Å². The fraction of sp³-hybridized carbons (Fsp3) is 0.286. The molecule has 0 unspecified atom stereocenters. The Morgan fingerprint density at radius 1 is 1.17 bits per heavy atom. The molecular formula is C14H11F5N4. The molecule has 0 saturated heterocycles. The lowest BCUT2D eigenvalue weighted by Crippen LogP contribution is -2.13. The van der Waals surface area contributed by atoms with Crippen molar-refractivity contribution in [3.05, 3.63) is 53.7 Å². The molecule has 0 aliphatic rings. The lowest BCUT2D eigenvalue weighted by molar-refractivity contribution is -0.141. The highest BCUT2D eigenvalue weighted by molar-refractivity contribution is 5.42. The van der Waals surface area contributed by atoms with Crippen LogP contribution < -0.4 is 0 Å². The molecule has 4 nitrogen and oxygen atoms in total. The Kier molecular flexibility index (Phi) is 3.78. The van der Waals surface area contributed by atoms with Gasteiger partial charge in [-0.3, -0.25) is 0 Å². The Morgan fingerprint density at radius 3 is 2.65 bits per heavy atom. The number of imidazole rings is 1. The van der Waals surface area contributed by atoms with Gasteiger partial charge < -0.3 is 4.57 Å². The van der Waals surface area contributed by atoms with Crippen molar-refractivity contribution in [1.82, 2.24) is 19.2 Å². The first kappa shape index (κ1) is 15.4. The summed E-state index contributed by atoms with van der Waals surface area (Å²) in [5, 5.41) is 3.89. The van der Waals surface area contributed by atoms with E-state index in [4.69, 9.17) is 0 Å². The van der Waals surface area contributed by atoms with Gasteiger partial charge in [-0.1, -0.05) is 0 Å². The average molecular weight is 330 g/mol. The van der Waals surface area contributed by atoms with E-state index in [2.05, 4.69) is 10.1 Å². The van der Waals surface area contributed by atoms with Gasteiger partial charge in [0.1, 0.15) is 0 Å². The fourth-order valence-electron chi connectivity index (χ4n) is 2.37. The maximum atomic E-state index is 13.2. The van der Waals surface area contributed by atoms with Gasteiger partial charge in [0.2, 0.25) is 6.43 Å². The molecule has 9 heteroatoms. The van der Waals surface area contributed by atoms with Crippen molar-refractivity contribution in [2.75, 3.05) is 0 Å². The first-order chi connectivity index (χ1) is 10.8. The topological polar surface area (TPSA) is 35.1 Å². The number of halogens is 5. The van der Waals surface area contributed by atoms with E-state index >= 15 is 0 Å². The van der Waals surface area contributed by atoms with Crippen LogP contribution in [-0.2, 0) is 19.1 Å². The van der Waals surface area contributed by atoms with E-state index < -0.39 is 24.7 Å². The van der Waals surface area contributed by atoms with Gasteiger partial charge in [-0.2, -0.15) is 18.3 Å². The Hall–Kier alpha value is -2.45. The van der Waals surface area contributed by atoms with Gasteiger partial charge in [-0.05, 0) is 23.8 Å². The third-order valence-corrected chi connectivity index (χ3v) is 3.29. The molecular weight excluding hydrogens is 319 g/mol. The molecule has 0 radical (unpaired) electrons. The molecule has 0 fully saturated rings. The maximum absolute atomic E-state index is 13.2. The number of alkyl halides is 5. The number of hydrogen-bond acceptors (Lipinski definition) is 2. The Bertz CT molecular complexity index is 818. The standard InChI is InChI=1S/C14H11F5N4/c15-11(16)6-9-3-5-22(7-9)8-10-13(14(17,18)19)21-12-2-1-4-20-23(10)12/h1-5,7,11H,6,8H2. The molecule has 3 aromatic rings. The Balaban J connectivity index is 2.00. The van der Waals surface area contributed by atoms with Gasteiger partial charge in [0.05, 0.1) is 12.2 Å². The summed E-state index contributed by atoms with van der Waals surface area (Å²) in [6, 6.07) is 4.36. The molecule has 0 saturated carbocycles. The second kappa shape index (κ2) is 5.64. The summed E-state index contributed by atoms with van der Waals surface area (Å²) < 4.78 is 66.7. The molecule has 0 N–H and O–H groups in total. The second-order valence-electron chi connectivity index (χ2n) is 4.99. The zero-order valence-electron chi connectivity index (χ0n) is 11.6. The summed E-state index contributed by atoms with van der Waals surface area (Å²) in [6.07, 6.45) is -3.36. The van der Waals surface area contributed by atoms with Crippen LogP contribution in [0.5, 0.6) is 0 Å². The predicted molar refractivity (Wildman–Crippen MR) is 71.2 cm³/mol. The minimum atomic E-state index is -4.62. The van der Waals surface area contributed by atoms with E-state index in [0.717, 1.165) is 4.52 Å². The monoisotopic (exact) mass is 330 g/mol. The SMILES string of the molecule is FC(F)Cc1ccn(Cc2c(C(F)(F)F)nc3cccnn23)c1. The van der Waals surface area contributed by atoms with Gasteiger partial charge >= 0.3 is 6.18 Å². The van der Waals surface area contributed by atoms with Crippen LogP contribution in [0.15, 0.2) is 36.8 Å². The van der Waals surface area contributed by atoms with Crippen LogP contribution in [0.2, 0.25) is 0 Å². The van der Waals surface area contributed by atoms with Crippen molar-refractivity contribution in [2.24, 2.45) is 0 Å². The van der Waals surface area contributed by atoms with Crippen molar-refractivity contribution >= 4 is 5.65 Å². The highest BCUT2D eigenvalue weighted by atomic mass is 19.4. The lowest BCUT2D eigenvalue weighted by atomic mass is 10.2. The number of hydrogen-bond donors (Lipinski definition) is 0. The normalized spacial score (nSPS) is 12.4. The van der Waals surface area contributed by atoms with Crippen LogP contribution in [0.4, 0.5) is 22.0 Å². The number of aromatic nitrogens is 4. The summed E-state index contributed by atoms with van der Waals surface area (Å²) in [5.74, 6) is 0. The van der Waals surface area contributed by atoms with Gasteiger partial charge in [-0.25, -0.2) is 18.3 Å². The first-order valence-electron chi connectivity index (χ1n) is 6.67. The smallest absolute Gasteiger partial charge is 0.348 e. The molecule has 3 aromatic heterocycles. The first-order valence-corrected chi connectivity index (χ1v) is 6.67. The average Bonchev–Trinajstić information content (AvgIpc) is 3.03. The van der Waals surface area contributed by atoms with Crippen LogP contribution in [0, 0.1) is 0 Å². The van der Waals surface area contributed by atoms with Crippen molar-refractivity contribution < 1.29 is 22.0 Å². The maximum Gasteiger partial charge on any atom is 0.435 e. The van der Waals surface area contributed by atoms with E-state index in [0.29, 0.717) is 5.56 Å². The number of nitrogens with zero attached hydrogens (tertiary/aromatic N) is 4. The van der Waals surface area contributed by atoms with Crippen molar-refractivity contribution in [1.29, 1.82) is 0 Å². The van der Waals surface area contributed by atoms with E-state index in [9.17, 15) is 22.0 Å². The minimum absolute atomic E-state index is 0.0785. The number of rotatable bonds is 4. The molecule has 3 heterocycles. The van der Waals surface area contributed by atoms with Crippen LogP contribution in [0.25, 0.3) is 5.65 Å². The highest BCUT2D eigenvalue weighted by Gasteiger charge is 2.38. The third kappa shape index (κ3) is 3.17. The van der Waals surface area contributed by atoms with Gasteiger partial charge in [0.25, 0.3) is 0 Å². The zero-order valence-corrected chi connectivity index (χ0v) is 11.6. The second-order valence-corrected chi connectivity index (χ2v) is 4.99. The lowest BCUT2D eigenvalue weighted by Gasteiger charge is -2.08. The summed E-state index contributed by atoms with van der Waals surface area (Å²) in [4.78, 5) is 3.58. The molecule has 0 aromatic carbocycles. The minimum Gasteiger partial charge on any atom is -0.348 e. The summed E-state index contributed by atoms with van der Waals surface area (Å²) in [5.41, 5.74) is -0.738. The van der Waals surface area contributed by atoms with Crippen LogP contribution in [0.3, 0.4) is 0 Å². The molecule has 0 aliphatic heterocycles. The summed E-state index contributed by atoms with van der Waals surface area (Å²) in [7, 11) is 0. The van der Waals surface area contributed by atoms with Gasteiger partial charge in [0.15, 0.2) is 11.3 Å². The zero-order chi connectivity index (χ0) is 16.6. The molecule has 23 heavy (non-hydrogen) atoms. The molecule has 0 aliphatic carbocycles. The highest BCUT2D eigenvalue weighted by Crippen LogP contribution is 2.32. The number of fused-ring (bicyclic) bond motifs is 1. The molecule has 0 spiro atoms. The molecule has 0 amide bonds. The van der Waals surface area contributed by atoms with Crippen molar-refractivity contribution in [2.45, 2.75) is 25.6 Å². The quantitative estimate of drug-likeness (QED) is 0.687. The van der Waals surface area contributed by atoms with Crippen LogP contribution in [-0.4, -0.2) is 25.6 Å². The van der Waals surface area contributed by atoms with E-state index in [-0.39, 0.29) is 17.9 Å². The molecule has 3 rings (SSSR count). The summed E-state index contributed by atoms with van der Waals surface area (Å²) in [6.45, 7) is -0.170. The molecule has 122 valence electrons. The molecule has 0 atom stereocenters. The van der Waals surface area contributed by atoms with E-state index in [1.807, 2.05) is 0 Å². The van der Waals surface area contributed by atoms with Crippen molar-refractivity contribution in [3.8, 4) is 0 Å².